The summed E-state index contributed by atoms with van der Waals surface area (Å²) in [6, 6.07) is 2.68. The van der Waals surface area contributed by atoms with Gasteiger partial charge in [-0.1, -0.05) is 0 Å². The summed E-state index contributed by atoms with van der Waals surface area (Å²) < 4.78 is 1.52. The Balaban J connectivity index is 2.54. The molecule has 1 unspecified atom stereocenters. The van der Waals surface area contributed by atoms with Gasteiger partial charge in [-0.3, -0.25) is 4.79 Å². The number of nitrogens with zero attached hydrogens (tertiary/aromatic N) is 1. The number of amides is 2. The number of hydrogen-bond acceptors (Lipinski definition) is 3. The highest BCUT2D eigenvalue weighted by Gasteiger charge is 2.07. The first kappa shape index (κ1) is 15.2. The summed E-state index contributed by atoms with van der Waals surface area (Å²) in [5.74, 6) is 0. The van der Waals surface area contributed by atoms with Crippen LogP contribution < -0.4 is 16.2 Å². The first-order valence-electron chi connectivity index (χ1n) is 6.45. The molecular weight excluding hydrogens is 246 g/mol. The van der Waals surface area contributed by atoms with Crippen LogP contribution in [-0.4, -0.2) is 28.4 Å². The minimum absolute atomic E-state index is 0.00997. The second kappa shape index (κ2) is 7.58. The van der Waals surface area contributed by atoms with E-state index < -0.39 is 0 Å². The Labute approximate surface area is 112 Å². The molecule has 0 fully saturated rings. The Kier molecular flexibility index (Phi) is 6.08. The molecule has 1 heterocycles. The molecule has 0 saturated carbocycles. The molecule has 0 aliphatic carbocycles. The van der Waals surface area contributed by atoms with Gasteiger partial charge >= 0.3 is 6.03 Å². The van der Waals surface area contributed by atoms with Crippen LogP contribution in [0.1, 0.15) is 26.7 Å². The number of rotatable bonds is 6. The standard InChI is InChI=1S/C13H21N3O3/c1-3-16-9-11(6-7-12(16)18)15-13(19)14-10(2)5-4-8-17/h6-7,9-10,17H,3-5,8H2,1-2H3,(H2,14,15,19). The number of carbonyl (C=O) groups is 1. The van der Waals surface area contributed by atoms with Gasteiger partial charge in [0, 0.05) is 31.5 Å². The van der Waals surface area contributed by atoms with Gasteiger partial charge in [0.2, 0.25) is 0 Å². The lowest BCUT2D eigenvalue weighted by Crippen LogP contribution is -2.36. The molecule has 1 aromatic rings. The van der Waals surface area contributed by atoms with Crippen LogP contribution in [0.5, 0.6) is 0 Å². The molecule has 3 N–H and O–H groups in total. The van der Waals surface area contributed by atoms with Gasteiger partial charge in [0.1, 0.15) is 0 Å². The van der Waals surface area contributed by atoms with E-state index in [1.165, 1.54) is 10.6 Å². The topological polar surface area (TPSA) is 83.4 Å². The van der Waals surface area contributed by atoms with E-state index in [1.807, 2.05) is 13.8 Å². The van der Waals surface area contributed by atoms with Crippen LogP contribution in [0.15, 0.2) is 23.1 Å². The summed E-state index contributed by atoms with van der Waals surface area (Å²) in [4.78, 5) is 23.1. The van der Waals surface area contributed by atoms with Crippen molar-refractivity contribution in [3.05, 3.63) is 28.7 Å². The maximum atomic E-state index is 11.7. The fraction of sp³-hybridized carbons (Fsp3) is 0.538. The van der Waals surface area contributed by atoms with E-state index in [0.717, 1.165) is 6.42 Å². The van der Waals surface area contributed by atoms with E-state index in [-0.39, 0.29) is 24.2 Å². The molecule has 6 nitrogen and oxygen atoms in total. The smallest absolute Gasteiger partial charge is 0.319 e. The third-order valence-corrected chi connectivity index (χ3v) is 2.75. The fourth-order valence-corrected chi connectivity index (χ4v) is 1.71. The molecule has 0 spiro atoms. The van der Waals surface area contributed by atoms with Crippen molar-refractivity contribution in [2.24, 2.45) is 0 Å². The summed E-state index contributed by atoms with van der Waals surface area (Å²) in [6.07, 6.45) is 2.99. The quantitative estimate of drug-likeness (QED) is 0.723. The average Bonchev–Trinajstić information content (AvgIpc) is 2.38. The van der Waals surface area contributed by atoms with Crippen LogP contribution in [0.3, 0.4) is 0 Å². The van der Waals surface area contributed by atoms with Crippen LogP contribution in [0, 0.1) is 0 Å². The molecule has 0 aliphatic heterocycles. The normalized spacial score (nSPS) is 11.9. The van der Waals surface area contributed by atoms with Gasteiger partial charge in [-0.2, -0.15) is 0 Å². The highest BCUT2D eigenvalue weighted by Crippen LogP contribution is 2.03. The average molecular weight is 267 g/mol. The van der Waals surface area contributed by atoms with Gasteiger partial charge in [-0.15, -0.1) is 0 Å². The van der Waals surface area contributed by atoms with E-state index in [9.17, 15) is 9.59 Å². The number of carbonyl (C=O) groups excluding carboxylic acids is 1. The van der Waals surface area contributed by atoms with E-state index in [2.05, 4.69) is 10.6 Å². The zero-order valence-corrected chi connectivity index (χ0v) is 11.3. The van der Waals surface area contributed by atoms with Gasteiger partial charge in [0.25, 0.3) is 5.56 Å². The molecule has 1 atom stereocenters. The Morgan fingerprint density at radius 1 is 1.47 bits per heavy atom. The maximum Gasteiger partial charge on any atom is 0.319 e. The number of urea groups is 1. The Bertz CT molecular complexity index is 470. The number of aliphatic hydroxyl groups excluding tert-OH is 1. The van der Waals surface area contributed by atoms with Crippen LogP contribution in [-0.2, 0) is 6.54 Å². The van der Waals surface area contributed by atoms with Crippen molar-refractivity contribution in [3.63, 3.8) is 0 Å². The predicted octanol–water partition coefficient (Wildman–Crippen LogP) is 1.15. The molecule has 0 radical (unpaired) electrons. The van der Waals surface area contributed by atoms with Gasteiger partial charge in [-0.25, -0.2) is 4.79 Å². The van der Waals surface area contributed by atoms with Crippen LogP contribution in [0.4, 0.5) is 10.5 Å². The van der Waals surface area contributed by atoms with Gasteiger partial charge in [0.15, 0.2) is 0 Å². The third kappa shape index (κ3) is 5.13. The lowest BCUT2D eigenvalue weighted by Gasteiger charge is -2.14. The van der Waals surface area contributed by atoms with Crippen molar-refractivity contribution in [2.75, 3.05) is 11.9 Å². The lowest BCUT2D eigenvalue weighted by molar-refractivity contribution is 0.245. The number of nitrogens with one attached hydrogen (secondary N) is 2. The minimum Gasteiger partial charge on any atom is -0.396 e. The molecule has 0 saturated heterocycles. The second-order valence-electron chi connectivity index (χ2n) is 4.41. The zero-order chi connectivity index (χ0) is 14.3. The zero-order valence-electron chi connectivity index (χ0n) is 11.3. The molecule has 1 aromatic heterocycles. The highest BCUT2D eigenvalue weighted by molar-refractivity contribution is 5.89. The van der Waals surface area contributed by atoms with Crippen molar-refractivity contribution in [1.82, 2.24) is 9.88 Å². The van der Waals surface area contributed by atoms with Crippen LogP contribution >= 0.6 is 0 Å². The lowest BCUT2D eigenvalue weighted by atomic mass is 10.2. The molecule has 0 bridgehead atoms. The van der Waals surface area contributed by atoms with E-state index in [0.29, 0.717) is 18.7 Å². The predicted molar refractivity (Wildman–Crippen MR) is 74.3 cm³/mol. The van der Waals surface area contributed by atoms with Crippen molar-refractivity contribution in [3.8, 4) is 0 Å². The summed E-state index contributed by atoms with van der Waals surface area (Å²) in [5, 5.41) is 14.2. The summed E-state index contributed by atoms with van der Waals surface area (Å²) in [7, 11) is 0. The number of aryl methyl sites for hydroxylation is 1. The van der Waals surface area contributed by atoms with Gasteiger partial charge in [-0.05, 0) is 32.8 Å². The fourth-order valence-electron chi connectivity index (χ4n) is 1.71. The third-order valence-electron chi connectivity index (χ3n) is 2.75. The van der Waals surface area contributed by atoms with Crippen molar-refractivity contribution in [1.29, 1.82) is 0 Å². The van der Waals surface area contributed by atoms with E-state index in [1.54, 1.807) is 12.3 Å². The molecule has 0 aromatic carbocycles. The number of aromatic nitrogens is 1. The number of aliphatic hydroxyl groups is 1. The Hall–Kier alpha value is -1.82. The minimum atomic E-state index is -0.313. The largest absolute Gasteiger partial charge is 0.396 e. The highest BCUT2D eigenvalue weighted by atomic mass is 16.3. The first-order valence-corrected chi connectivity index (χ1v) is 6.45. The number of anilines is 1. The molecule has 0 aliphatic rings. The van der Waals surface area contributed by atoms with E-state index in [4.69, 9.17) is 5.11 Å². The van der Waals surface area contributed by atoms with Crippen LogP contribution in [0.2, 0.25) is 0 Å². The SMILES string of the molecule is CCn1cc(NC(=O)NC(C)CCCO)ccc1=O. The van der Waals surface area contributed by atoms with Gasteiger partial charge < -0.3 is 20.3 Å². The van der Waals surface area contributed by atoms with Crippen molar-refractivity contribution >= 4 is 11.7 Å². The first-order chi connectivity index (χ1) is 9.06. The van der Waals surface area contributed by atoms with Crippen LogP contribution in [0.25, 0.3) is 0 Å². The summed E-state index contributed by atoms with van der Waals surface area (Å²) in [6.45, 7) is 4.42. The Morgan fingerprint density at radius 2 is 2.21 bits per heavy atom. The maximum absolute atomic E-state index is 11.7. The number of hydrogen-bond donors (Lipinski definition) is 3. The molecule has 2 amide bonds. The monoisotopic (exact) mass is 267 g/mol. The Morgan fingerprint density at radius 3 is 2.84 bits per heavy atom. The molecule has 19 heavy (non-hydrogen) atoms. The summed E-state index contributed by atoms with van der Waals surface area (Å²) in [5.41, 5.74) is 0.484. The molecule has 6 heteroatoms. The van der Waals surface area contributed by atoms with Crippen molar-refractivity contribution < 1.29 is 9.90 Å². The van der Waals surface area contributed by atoms with E-state index >= 15 is 0 Å². The second-order valence-corrected chi connectivity index (χ2v) is 4.41. The molecular formula is C13H21N3O3. The summed E-state index contributed by atoms with van der Waals surface area (Å²) >= 11 is 0. The molecule has 1 rings (SSSR count). The molecule has 106 valence electrons. The number of pyridine rings is 1. The van der Waals surface area contributed by atoms with Crippen molar-refractivity contribution in [2.45, 2.75) is 39.3 Å². The van der Waals surface area contributed by atoms with Gasteiger partial charge in [0.05, 0.1) is 5.69 Å².